The van der Waals surface area contributed by atoms with E-state index in [2.05, 4.69) is 26.0 Å². The van der Waals surface area contributed by atoms with E-state index in [-0.39, 0.29) is 0 Å². The van der Waals surface area contributed by atoms with Crippen molar-refractivity contribution in [3.63, 3.8) is 0 Å². The maximum Gasteiger partial charge on any atom is 0.123 e. The van der Waals surface area contributed by atoms with Gasteiger partial charge in [0.1, 0.15) is 11.2 Å². The van der Waals surface area contributed by atoms with Gasteiger partial charge in [0, 0.05) is 0 Å². The zero-order valence-corrected chi connectivity index (χ0v) is 14.8. The molecule has 3 rings (SSSR count). The summed E-state index contributed by atoms with van der Waals surface area (Å²) >= 11 is 0. The van der Waals surface area contributed by atoms with Crippen LogP contribution < -0.4 is 0 Å². The maximum atomic E-state index is 11.8. The second-order valence-electron chi connectivity index (χ2n) is 7.02. The lowest BCUT2D eigenvalue weighted by Gasteiger charge is -2.49. The van der Waals surface area contributed by atoms with Gasteiger partial charge in [-0.1, -0.05) is 88.1 Å². The fourth-order valence-electron chi connectivity index (χ4n) is 4.15. The van der Waals surface area contributed by atoms with Gasteiger partial charge in [-0.25, -0.2) is 0 Å². The molecule has 0 saturated carbocycles. The predicted molar refractivity (Wildman–Crippen MR) is 98.7 cm³/mol. The summed E-state index contributed by atoms with van der Waals surface area (Å²) in [7, 11) is 0. The monoisotopic (exact) mass is 324 g/mol. The van der Waals surface area contributed by atoms with Crippen LogP contribution in [0.15, 0.2) is 48.5 Å². The minimum absolute atomic E-state index is 0.578. The Balaban J connectivity index is 2.25. The summed E-state index contributed by atoms with van der Waals surface area (Å²) in [5.74, 6) is 0. The number of rotatable bonds is 6. The molecule has 2 nitrogen and oxygen atoms in total. The second-order valence-corrected chi connectivity index (χ2v) is 7.02. The fourth-order valence-corrected chi connectivity index (χ4v) is 4.15. The summed E-state index contributed by atoms with van der Waals surface area (Å²) in [5, 5.41) is 23.6. The van der Waals surface area contributed by atoms with Crippen LogP contribution in [0.2, 0.25) is 0 Å². The maximum absolute atomic E-state index is 11.8. The van der Waals surface area contributed by atoms with Crippen LogP contribution in [0.25, 0.3) is 11.1 Å². The van der Waals surface area contributed by atoms with Crippen LogP contribution in [-0.2, 0) is 11.2 Å². The molecule has 1 aliphatic carbocycles. The van der Waals surface area contributed by atoms with Gasteiger partial charge in [0.15, 0.2) is 0 Å². The molecule has 24 heavy (non-hydrogen) atoms. The molecule has 128 valence electrons. The first-order valence-electron chi connectivity index (χ1n) is 9.22. The van der Waals surface area contributed by atoms with Crippen LogP contribution in [0.5, 0.6) is 0 Å². The summed E-state index contributed by atoms with van der Waals surface area (Å²) < 4.78 is 0. The Labute approximate surface area is 145 Å². The molecule has 0 spiro atoms. The van der Waals surface area contributed by atoms with E-state index in [1.165, 1.54) is 0 Å². The average molecular weight is 324 g/mol. The van der Waals surface area contributed by atoms with Crippen molar-refractivity contribution < 1.29 is 10.2 Å². The van der Waals surface area contributed by atoms with E-state index in [4.69, 9.17) is 0 Å². The van der Waals surface area contributed by atoms with E-state index in [1.54, 1.807) is 0 Å². The minimum atomic E-state index is -1.23. The predicted octanol–water partition coefficient (Wildman–Crippen LogP) is 5.12. The molecular weight excluding hydrogens is 296 g/mol. The molecule has 2 atom stereocenters. The van der Waals surface area contributed by atoms with Crippen LogP contribution in [0, 0.1) is 0 Å². The van der Waals surface area contributed by atoms with Crippen molar-refractivity contribution in [1.29, 1.82) is 0 Å². The normalized spacial score (nSPS) is 25.2. The van der Waals surface area contributed by atoms with Gasteiger partial charge in [0.25, 0.3) is 0 Å². The fraction of sp³-hybridized carbons (Fsp3) is 0.455. The molecule has 0 fully saturated rings. The van der Waals surface area contributed by atoms with Crippen molar-refractivity contribution in [3.05, 3.63) is 59.7 Å². The van der Waals surface area contributed by atoms with Gasteiger partial charge >= 0.3 is 0 Å². The highest BCUT2D eigenvalue weighted by Crippen LogP contribution is 2.55. The van der Waals surface area contributed by atoms with Crippen molar-refractivity contribution >= 4 is 0 Å². The zero-order valence-electron chi connectivity index (χ0n) is 14.8. The lowest BCUT2D eigenvalue weighted by atomic mass is 9.62. The highest BCUT2D eigenvalue weighted by Gasteiger charge is 2.54. The van der Waals surface area contributed by atoms with Crippen LogP contribution in [0.3, 0.4) is 0 Å². The smallest absolute Gasteiger partial charge is 0.123 e. The van der Waals surface area contributed by atoms with E-state index in [0.29, 0.717) is 12.8 Å². The quantitative estimate of drug-likeness (QED) is 0.774. The Kier molecular flexibility index (Phi) is 4.80. The van der Waals surface area contributed by atoms with Crippen LogP contribution in [0.1, 0.15) is 63.5 Å². The Hall–Kier alpha value is -1.64. The molecule has 2 heteroatoms. The number of fused-ring (bicyclic) bond motifs is 3. The van der Waals surface area contributed by atoms with Crippen molar-refractivity contribution in [3.8, 4) is 11.1 Å². The highest BCUT2D eigenvalue weighted by atomic mass is 16.4. The van der Waals surface area contributed by atoms with E-state index >= 15 is 0 Å². The Bertz CT molecular complexity index is 647. The third-order valence-corrected chi connectivity index (χ3v) is 5.50. The first kappa shape index (κ1) is 17.2. The number of benzene rings is 2. The van der Waals surface area contributed by atoms with Crippen molar-refractivity contribution in [1.82, 2.24) is 0 Å². The molecule has 0 aliphatic heterocycles. The topological polar surface area (TPSA) is 40.5 Å². The largest absolute Gasteiger partial charge is 0.382 e. The Morgan fingerprint density at radius 2 is 1.04 bits per heavy atom. The van der Waals surface area contributed by atoms with Crippen LogP contribution in [-0.4, -0.2) is 10.2 Å². The molecule has 2 aromatic rings. The van der Waals surface area contributed by atoms with Crippen molar-refractivity contribution in [2.75, 3.05) is 0 Å². The lowest BCUT2D eigenvalue weighted by Crippen LogP contribution is -2.52. The van der Waals surface area contributed by atoms with Crippen LogP contribution in [0.4, 0.5) is 0 Å². The number of hydrogen-bond donors (Lipinski definition) is 2. The standard InChI is InChI=1S/C22H28O2/c1-3-5-15-21(23)19-13-9-7-11-17(19)18-12-8-10-14-20(18)22(21,24)16-6-4-2/h7-14,23-24H,3-6,15-16H2,1-2H3. The lowest BCUT2D eigenvalue weighted by molar-refractivity contribution is -0.176. The summed E-state index contributed by atoms with van der Waals surface area (Å²) in [4.78, 5) is 0. The molecule has 0 amide bonds. The van der Waals surface area contributed by atoms with Gasteiger partial charge in [-0.2, -0.15) is 0 Å². The first-order chi connectivity index (χ1) is 11.6. The van der Waals surface area contributed by atoms with Crippen molar-refractivity contribution in [2.24, 2.45) is 0 Å². The summed E-state index contributed by atoms with van der Waals surface area (Å²) in [6.45, 7) is 4.24. The third kappa shape index (κ3) is 2.49. The molecule has 2 unspecified atom stereocenters. The number of aliphatic hydroxyl groups is 2. The van der Waals surface area contributed by atoms with E-state index in [9.17, 15) is 10.2 Å². The summed E-state index contributed by atoms with van der Waals surface area (Å²) in [6, 6.07) is 16.0. The molecule has 0 bridgehead atoms. The number of hydrogen-bond acceptors (Lipinski definition) is 2. The first-order valence-corrected chi connectivity index (χ1v) is 9.22. The van der Waals surface area contributed by atoms with Gasteiger partial charge < -0.3 is 10.2 Å². The summed E-state index contributed by atoms with van der Waals surface area (Å²) in [6.07, 6.45) is 4.93. The molecule has 0 radical (unpaired) electrons. The Morgan fingerprint density at radius 1 is 0.667 bits per heavy atom. The third-order valence-electron chi connectivity index (χ3n) is 5.50. The SMILES string of the molecule is CCCCC1(O)c2ccccc2-c2ccccc2C1(O)CCCC. The van der Waals surface area contributed by atoms with Crippen LogP contribution >= 0.6 is 0 Å². The van der Waals surface area contributed by atoms with E-state index in [0.717, 1.165) is 47.9 Å². The molecule has 0 heterocycles. The molecule has 0 saturated heterocycles. The molecule has 2 N–H and O–H groups in total. The second kappa shape index (κ2) is 6.70. The zero-order chi connectivity index (χ0) is 17.2. The minimum Gasteiger partial charge on any atom is -0.382 e. The van der Waals surface area contributed by atoms with E-state index in [1.807, 2.05) is 36.4 Å². The molecule has 1 aliphatic rings. The molecule has 0 aromatic heterocycles. The molecule has 2 aromatic carbocycles. The van der Waals surface area contributed by atoms with Gasteiger partial charge in [0.2, 0.25) is 0 Å². The average Bonchev–Trinajstić information content (AvgIpc) is 2.63. The number of unbranched alkanes of at least 4 members (excludes halogenated alkanes) is 2. The van der Waals surface area contributed by atoms with Gasteiger partial charge in [0.05, 0.1) is 0 Å². The van der Waals surface area contributed by atoms with Crippen molar-refractivity contribution in [2.45, 2.75) is 63.6 Å². The molecular formula is C22H28O2. The van der Waals surface area contributed by atoms with Gasteiger partial charge in [-0.3, -0.25) is 0 Å². The highest BCUT2D eigenvalue weighted by molar-refractivity contribution is 5.76. The van der Waals surface area contributed by atoms with Gasteiger partial charge in [-0.15, -0.1) is 0 Å². The van der Waals surface area contributed by atoms with Gasteiger partial charge in [-0.05, 0) is 35.1 Å². The Morgan fingerprint density at radius 3 is 1.42 bits per heavy atom. The van der Waals surface area contributed by atoms with E-state index < -0.39 is 11.2 Å². The summed E-state index contributed by atoms with van der Waals surface area (Å²) in [5.41, 5.74) is 1.37.